The van der Waals surface area contributed by atoms with E-state index < -0.39 is 0 Å². The van der Waals surface area contributed by atoms with Crippen molar-refractivity contribution in [2.45, 2.75) is 233 Å². The molecule has 0 N–H and O–H groups in total. The minimum atomic E-state index is 1.17. The molecule has 0 aromatic heterocycles. The lowest BCUT2D eigenvalue weighted by molar-refractivity contribution is 0.583. The van der Waals surface area contributed by atoms with Crippen molar-refractivity contribution in [1.29, 1.82) is 0 Å². The molecule has 0 unspecified atom stereocenters. The first-order valence-electron chi connectivity index (χ1n) is 24.0. The van der Waals surface area contributed by atoms with Crippen LogP contribution in [0.5, 0.6) is 0 Å². The van der Waals surface area contributed by atoms with Crippen molar-refractivity contribution in [3.63, 3.8) is 0 Å². The topological polar surface area (TPSA) is 0 Å². The monoisotopic (exact) mass is 734 g/mol. The molecular weight excluding hydrogens is 649 g/mol. The number of aryl methyl sites for hydroxylation is 3. The highest BCUT2D eigenvalue weighted by Gasteiger charge is 2.20. The summed E-state index contributed by atoms with van der Waals surface area (Å²) in [6.45, 7) is 9.29. The van der Waals surface area contributed by atoms with Crippen LogP contribution in [0.25, 0.3) is 22.3 Å². The number of benzene rings is 3. The molecule has 0 aliphatic carbocycles. The van der Waals surface area contributed by atoms with Gasteiger partial charge in [-0.25, -0.2) is 0 Å². The summed E-state index contributed by atoms with van der Waals surface area (Å²) >= 11 is 0. The summed E-state index contributed by atoms with van der Waals surface area (Å²) in [4.78, 5) is 0. The Hall–Kier alpha value is -2.34. The van der Waals surface area contributed by atoms with Gasteiger partial charge in [-0.1, -0.05) is 230 Å². The number of rotatable bonds is 34. The highest BCUT2D eigenvalue weighted by molar-refractivity contribution is 5.89. The summed E-state index contributed by atoms with van der Waals surface area (Å²) in [6.07, 6.45) is 42.8. The van der Waals surface area contributed by atoms with Crippen molar-refractivity contribution in [3.05, 3.63) is 82.9 Å². The van der Waals surface area contributed by atoms with Gasteiger partial charge in [-0.3, -0.25) is 0 Å². The Balaban J connectivity index is 1.99. The molecule has 3 aromatic rings. The van der Waals surface area contributed by atoms with E-state index in [2.05, 4.69) is 88.4 Å². The highest BCUT2D eigenvalue weighted by atomic mass is 14.2. The van der Waals surface area contributed by atoms with Gasteiger partial charge in [0.1, 0.15) is 0 Å². The first-order valence-corrected chi connectivity index (χ1v) is 24.0. The molecule has 54 heavy (non-hydrogen) atoms. The van der Waals surface area contributed by atoms with Gasteiger partial charge in [-0.05, 0) is 108 Å². The zero-order chi connectivity index (χ0) is 38.3. The normalized spacial score (nSPS) is 11.5. The molecule has 0 saturated carbocycles. The summed E-state index contributed by atoms with van der Waals surface area (Å²) in [7, 11) is 0. The van der Waals surface area contributed by atoms with Gasteiger partial charge in [0.2, 0.25) is 0 Å². The van der Waals surface area contributed by atoms with Crippen LogP contribution in [0.1, 0.15) is 230 Å². The molecule has 3 aromatic carbocycles. The van der Waals surface area contributed by atoms with Gasteiger partial charge in [-0.15, -0.1) is 0 Å². The minimum absolute atomic E-state index is 1.17. The van der Waals surface area contributed by atoms with Gasteiger partial charge in [0.05, 0.1) is 0 Å². The zero-order valence-corrected chi connectivity index (χ0v) is 36.3. The van der Waals surface area contributed by atoms with E-state index in [0.717, 1.165) is 0 Å². The maximum atomic E-state index is 4.01. The fourth-order valence-electron chi connectivity index (χ4n) is 8.70. The predicted molar refractivity (Wildman–Crippen MR) is 243 cm³/mol. The number of hydrogen-bond donors (Lipinski definition) is 0. The van der Waals surface area contributed by atoms with Crippen molar-refractivity contribution in [2.24, 2.45) is 0 Å². The molecule has 0 saturated heterocycles. The van der Waals surface area contributed by atoms with Gasteiger partial charge < -0.3 is 0 Å². The molecule has 0 amide bonds. The van der Waals surface area contributed by atoms with Crippen molar-refractivity contribution in [2.75, 3.05) is 0 Å². The lowest BCUT2D eigenvalue weighted by Gasteiger charge is -2.23. The third-order valence-corrected chi connectivity index (χ3v) is 12.1. The minimum Gasteiger partial charge on any atom is -0.0654 e. The maximum Gasteiger partial charge on any atom is -0.00673 e. The van der Waals surface area contributed by atoms with Crippen LogP contribution in [0.3, 0.4) is 0 Å². The predicted octanol–water partition coefficient (Wildman–Crippen LogP) is 18.0. The average molecular weight is 734 g/mol. The smallest absolute Gasteiger partial charge is 0.00673 e. The molecule has 0 aliphatic rings. The third-order valence-electron chi connectivity index (χ3n) is 12.1. The second-order valence-corrected chi connectivity index (χ2v) is 16.8. The van der Waals surface area contributed by atoms with E-state index in [1.165, 1.54) is 233 Å². The highest BCUT2D eigenvalue weighted by Crippen LogP contribution is 2.41. The molecule has 1 radical (unpaired) electrons. The summed E-state index contributed by atoms with van der Waals surface area (Å²) in [5.74, 6) is 0. The van der Waals surface area contributed by atoms with Crippen molar-refractivity contribution in [1.82, 2.24) is 0 Å². The molecule has 0 spiro atoms. The second kappa shape index (κ2) is 30.8. The molecule has 0 bridgehead atoms. The molecule has 0 atom stereocenters. The Bertz CT molecular complexity index is 1330. The first-order chi connectivity index (χ1) is 26.7. The molecule has 0 fully saturated rings. The molecule has 0 aliphatic heterocycles. The van der Waals surface area contributed by atoms with Crippen molar-refractivity contribution in [3.8, 4) is 22.3 Å². The Morgan fingerprint density at radius 1 is 0.333 bits per heavy atom. The SMILES string of the molecule is CCCCCCCCCc1[c]cc(-c2ccccc2CCCCCCCCC)c(-c2ccccc2CCCCCCCCC)c1CCCCCCCCC. The van der Waals surface area contributed by atoms with E-state index in [-0.39, 0.29) is 0 Å². The lowest BCUT2D eigenvalue weighted by atomic mass is 9.81. The average Bonchev–Trinajstić information content (AvgIpc) is 3.20. The quantitative estimate of drug-likeness (QED) is 0.0536. The standard InChI is InChI=1S/C54H85/c1-5-9-13-17-21-25-29-37-47-40-33-35-42-50(47)53-46-45-49(39-31-27-23-19-15-11-7-3)52(43-32-28-24-20-16-12-8-4)54(53)51-44-36-34-41-48(51)38-30-26-22-18-14-10-6-2/h33-36,40-42,44,46H,5-32,37-39,43H2,1-4H3. The summed E-state index contributed by atoms with van der Waals surface area (Å²) in [5, 5.41) is 0. The Morgan fingerprint density at radius 2 is 0.685 bits per heavy atom. The van der Waals surface area contributed by atoms with Gasteiger partial charge in [-0.2, -0.15) is 0 Å². The summed E-state index contributed by atoms with van der Waals surface area (Å²) in [6, 6.07) is 25.5. The van der Waals surface area contributed by atoms with E-state index >= 15 is 0 Å². The molecule has 0 heteroatoms. The van der Waals surface area contributed by atoms with Crippen LogP contribution >= 0.6 is 0 Å². The van der Waals surface area contributed by atoms with Crippen LogP contribution < -0.4 is 0 Å². The lowest BCUT2D eigenvalue weighted by Crippen LogP contribution is -2.04. The van der Waals surface area contributed by atoms with Crippen LogP contribution in [-0.4, -0.2) is 0 Å². The maximum absolute atomic E-state index is 4.01. The van der Waals surface area contributed by atoms with Gasteiger partial charge in [0.15, 0.2) is 0 Å². The van der Waals surface area contributed by atoms with E-state index in [9.17, 15) is 0 Å². The number of hydrogen-bond acceptors (Lipinski definition) is 0. The van der Waals surface area contributed by atoms with E-state index in [1.54, 1.807) is 16.7 Å². The molecular formula is C54H85. The van der Waals surface area contributed by atoms with Crippen LogP contribution in [0.15, 0.2) is 54.6 Å². The Labute approximate surface area is 337 Å². The van der Waals surface area contributed by atoms with Crippen molar-refractivity contribution >= 4 is 0 Å². The molecule has 0 nitrogen and oxygen atoms in total. The summed E-state index contributed by atoms with van der Waals surface area (Å²) < 4.78 is 0. The fraction of sp³-hybridized carbons (Fsp3) is 0.667. The summed E-state index contributed by atoms with van der Waals surface area (Å²) in [5.41, 5.74) is 12.2. The first kappa shape index (κ1) is 46.0. The molecule has 3 rings (SSSR count). The van der Waals surface area contributed by atoms with Crippen molar-refractivity contribution < 1.29 is 0 Å². The van der Waals surface area contributed by atoms with Crippen LogP contribution in [-0.2, 0) is 25.7 Å². The third kappa shape index (κ3) is 18.1. The Kier molecular flexibility index (Phi) is 26.3. The van der Waals surface area contributed by atoms with E-state index in [1.807, 2.05) is 0 Å². The second-order valence-electron chi connectivity index (χ2n) is 16.8. The zero-order valence-electron chi connectivity index (χ0n) is 36.3. The van der Waals surface area contributed by atoms with Crippen LogP contribution in [0.4, 0.5) is 0 Å². The number of unbranched alkanes of at least 4 members (excludes halogenated alkanes) is 24. The van der Waals surface area contributed by atoms with Crippen LogP contribution in [0, 0.1) is 6.07 Å². The largest absolute Gasteiger partial charge is 0.0654 e. The van der Waals surface area contributed by atoms with Crippen LogP contribution in [0.2, 0.25) is 0 Å². The van der Waals surface area contributed by atoms with Gasteiger partial charge in [0.25, 0.3) is 0 Å². The van der Waals surface area contributed by atoms with Gasteiger partial charge >= 0.3 is 0 Å². The van der Waals surface area contributed by atoms with E-state index in [4.69, 9.17) is 0 Å². The van der Waals surface area contributed by atoms with E-state index in [0.29, 0.717) is 0 Å². The molecule has 301 valence electrons. The Morgan fingerprint density at radius 3 is 1.15 bits per heavy atom. The van der Waals surface area contributed by atoms with Gasteiger partial charge in [0, 0.05) is 0 Å². The molecule has 0 heterocycles. The fourth-order valence-corrected chi connectivity index (χ4v) is 8.70.